The van der Waals surface area contributed by atoms with Gasteiger partial charge in [-0.05, 0) is 31.1 Å². The molecule has 3 heterocycles. The van der Waals surface area contributed by atoms with E-state index in [1.807, 2.05) is 28.8 Å². The zero-order valence-electron chi connectivity index (χ0n) is 10.9. The van der Waals surface area contributed by atoms with E-state index in [4.69, 9.17) is 17.0 Å². The summed E-state index contributed by atoms with van der Waals surface area (Å²) in [4.78, 5) is 3.40. The lowest BCUT2D eigenvalue weighted by atomic mass is 10.2. The van der Waals surface area contributed by atoms with Crippen molar-refractivity contribution in [1.82, 2.24) is 19.7 Å². The molecule has 1 aliphatic rings. The van der Waals surface area contributed by atoms with Crippen LogP contribution >= 0.6 is 12.2 Å². The van der Waals surface area contributed by atoms with E-state index in [2.05, 4.69) is 15.2 Å². The van der Waals surface area contributed by atoms with Gasteiger partial charge in [0, 0.05) is 17.5 Å². The zero-order chi connectivity index (χ0) is 13.5. The van der Waals surface area contributed by atoms with Gasteiger partial charge in [-0.25, -0.2) is 0 Å². The minimum Gasteiger partial charge on any atom is -0.376 e. The molecule has 1 aromatic carbocycles. The molecular formula is C14H14N4OS. The third-order valence-corrected chi connectivity index (χ3v) is 4.11. The van der Waals surface area contributed by atoms with Crippen molar-refractivity contribution in [2.75, 3.05) is 6.61 Å². The van der Waals surface area contributed by atoms with Crippen molar-refractivity contribution >= 4 is 34.3 Å². The predicted octanol–water partition coefficient (Wildman–Crippen LogP) is 2.82. The van der Waals surface area contributed by atoms with Gasteiger partial charge in [0.05, 0.1) is 12.6 Å². The molecular weight excluding hydrogens is 272 g/mol. The maximum Gasteiger partial charge on any atom is 0.222 e. The number of ether oxygens (including phenoxy) is 1. The largest absolute Gasteiger partial charge is 0.376 e. The Labute approximate surface area is 120 Å². The molecule has 5 nitrogen and oxygen atoms in total. The van der Waals surface area contributed by atoms with E-state index in [1.54, 1.807) is 0 Å². The standard InChI is InChI=1S/C14H14N4OS/c20-14-17-16-12-10-5-1-2-6-11(10)15-13(12)18(14)8-9-4-3-7-19-9/h1-2,5-6,9,15H,3-4,7-8H2. The third kappa shape index (κ3) is 1.83. The molecule has 102 valence electrons. The monoisotopic (exact) mass is 286 g/mol. The van der Waals surface area contributed by atoms with Gasteiger partial charge >= 0.3 is 0 Å². The number of rotatable bonds is 2. The summed E-state index contributed by atoms with van der Waals surface area (Å²) in [5, 5.41) is 9.46. The number of nitrogens with one attached hydrogen (secondary N) is 1. The van der Waals surface area contributed by atoms with E-state index in [0.29, 0.717) is 4.77 Å². The van der Waals surface area contributed by atoms with Gasteiger partial charge in [-0.1, -0.05) is 18.2 Å². The topological polar surface area (TPSA) is 55.7 Å². The molecule has 1 unspecified atom stereocenters. The second-order valence-electron chi connectivity index (χ2n) is 5.10. The van der Waals surface area contributed by atoms with E-state index in [-0.39, 0.29) is 6.10 Å². The molecule has 0 aliphatic carbocycles. The van der Waals surface area contributed by atoms with Gasteiger partial charge in [-0.2, -0.15) is 0 Å². The minimum atomic E-state index is 0.223. The Bertz CT molecular complexity index is 832. The molecule has 3 aromatic rings. The summed E-state index contributed by atoms with van der Waals surface area (Å²) in [6.07, 6.45) is 2.42. The predicted molar refractivity (Wildman–Crippen MR) is 79.2 cm³/mol. The van der Waals surface area contributed by atoms with Crippen LogP contribution in [0.5, 0.6) is 0 Å². The fourth-order valence-corrected chi connectivity index (χ4v) is 3.02. The number of aromatic nitrogens is 4. The quantitative estimate of drug-likeness (QED) is 0.736. The average molecular weight is 286 g/mol. The van der Waals surface area contributed by atoms with Crippen LogP contribution in [0.4, 0.5) is 0 Å². The molecule has 0 bridgehead atoms. The van der Waals surface area contributed by atoms with Crippen molar-refractivity contribution in [1.29, 1.82) is 0 Å². The molecule has 20 heavy (non-hydrogen) atoms. The van der Waals surface area contributed by atoms with Gasteiger partial charge in [-0.15, -0.1) is 10.2 Å². The van der Waals surface area contributed by atoms with E-state index >= 15 is 0 Å². The molecule has 1 aliphatic heterocycles. The fraction of sp³-hybridized carbons (Fsp3) is 0.357. The van der Waals surface area contributed by atoms with Gasteiger partial charge in [0.1, 0.15) is 11.2 Å². The van der Waals surface area contributed by atoms with Crippen molar-refractivity contribution in [2.45, 2.75) is 25.5 Å². The minimum absolute atomic E-state index is 0.223. The highest BCUT2D eigenvalue weighted by Gasteiger charge is 2.18. The Balaban J connectivity index is 1.93. The molecule has 1 saturated heterocycles. The molecule has 0 saturated carbocycles. The number of H-pyrrole nitrogens is 1. The molecule has 1 atom stereocenters. The van der Waals surface area contributed by atoms with Crippen molar-refractivity contribution in [2.24, 2.45) is 0 Å². The molecule has 0 amide bonds. The zero-order valence-corrected chi connectivity index (χ0v) is 11.7. The molecule has 4 rings (SSSR count). The second-order valence-corrected chi connectivity index (χ2v) is 5.46. The summed E-state index contributed by atoms with van der Waals surface area (Å²) >= 11 is 5.33. The first kappa shape index (κ1) is 12.0. The summed E-state index contributed by atoms with van der Waals surface area (Å²) in [5.74, 6) is 0. The maximum absolute atomic E-state index is 5.71. The Morgan fingerprint density at radius 2 is 2.25 bits per heavy atom. The Morgan fingerprint density at radius 1 is 1.35 bits per heavy atom. The van der Waals surface area contributed by atoms with Crippen molar-refractivity contribution in [3.05, 3.63) is 29.0 Å². The fourth-order valence-electron chi connectivity index (χ4n) is 2.81. The molecule has 0 radical (unpaired) electrons. The van der Waals surface area contributed by atoms with Gasteiger partial charge in [0.2, 0.25) is 4.77 Å². The van der Waals surface area contributed by atoms with Crippen LogP contribution in [0.2, 0.25) is 0 Å². The lowest BCUT2D eigenvalue weighted by Gasteiger charge is -2.12. The second kappa shape index (κ2) is 4.64. The first-order valence-electron chi connectivity index (χ1n) is 6.78. The van der Waals surface area contributed by atoms with Crippen LogP contribution in [-0.2, 0) is 11.3 Å². The summed E-state index contributed by atoms with van der Waals surface area (Å²) in [7, 11) is 0. The van der Waals surface area contributed by atoms with E-state index < -0.39 is 0 Å². The van der Waals surface area contributed by atoms with Crippen molar-refractivity contribution in [3.8, 4) is 0 Å². The summed E-state index contributed by atoms with van der Waals surface area (Å²) in [6.45, 7) is 1.57. The van der Waals surface area contributed by atoms with E-state index in [9.17, 15) is 0 Å². The summed E-state index contributed by atoms with van der Waals surface area (Å²) < 4.78 is 8.21. The summed E-state index contributed by atoms with van der Waals surface area (Å²) in [5.41, 5.74) is 2.85. The van der Waals surface area contributed by atoms with Gasteiger partial charge in [0.15, 0.2) is 0 Å². The summed E-state index contributed by atoms with van der Waals surface area (Å²) in [6, 6.07) is 8.09. The van der Waals surface area contributed by atoms with Crippen LogP contribution in [0.25, 0.3) is 22.1 Å². The highest BCUT2D eigenvalue weighted by Crippen LogP contribution is 2.24. The Morgan fingerprint density at radius 3 is 3.10 bits per heavy atom. The maximum atomic E-state index is 5.71. The van der Waals surface area contributed by atoms with Gasteiger partial charge < -0.3 is 9.72 Å². The number of hydrogen-bond acceptors (Lipinski definition) is 4. The van der Waals surface area contributed by atoms with Crippen molar-refractivity contribution < 1.29 is 4.74 Å². The Kier molecular flexibility index (Phi) is 2.78. The van der Waals surface area contributed by atoms with E-state index in [0.717, 1.165) is 48.1 Å². The number of para-hydroxylation sites is 1. The lowest BCUT2D eigenvalue weighted by Crippen LogP contribution is -2.17. The average Bonchev–Trinajstić information content (AvgIpc) is 3.09. The third-order valence-electron chi connectivity index (χ3n) is 3.81. The molecule has 0 spiro atoms. The van der Waals surface area contributed by atoms with Crippen LogP contribution in [0.15, 0.2) is 24.3 Å². The highest BCUT2D eigenvalue weighted by atomic mass is 32.1. The highest BCUT2D eigenvalue weighted by molar-refractivity contribution is 7.71. The SMILES string of the molecule is S=c1nnc2c3ccccc3[nH]c2n1CC1CCCO1. The molecule has 1 N–H and O–H groups in total. The first-order chi connectivity index (χ1) is 9.83. The normalized spacial score (nSPS) is 19.1. The molecule has 2 aromatic heterocycles. The lowest BCUT2D eigenvalue weighted by molar-refractivity contribution is 0.0971. The van der Waals surface area contributed by atoms with Crippen LogP contribution in [-0.4, -0.2) is 32.5 Å². The number of fused-ring (bicyclic) bond motifs is 3. The van der Waals surface area contributed by atoms with Crippen LogP contribution < -0.4 is 0 Å². The smallest absolute Gasteiger partial charge is 0.222 e. The number of aromatic amines is 1. The van der Waals surface area contributed by atoms with Crippen LogP contribution in [0, 0.1) is 4.77 Å². The first-order valence-corrected chi connectivity index (χ1v) is 7.19. The van der Waals surface area contributed by atoms with E-state index in [1.165, 1.54) is 0 Å². The number of benzene rings is 1. The molecule has 1 fully saturated rings. The van der Waals surface area contributed by atoms with Crippen molar-refractivity contribution in [3.63, 3.8) is 0 Å². The number of hydrogen-bond donors (Lipinski definition) is 1. The van der Waals surface area contributed by atoms with Crippen LogP contribution in [0.3, 0.4) is 0 Å². The van der Waals surface area contributed by atoms with Gasteiger partial charge in [0.25, 0.3) is 0 Å². The van der Waals surface area contributed by atoms with Gasteiger partial charge in [-0.3, -0.25) is 4.57 Å². The Hall–Kier alpha value is -1.79. The number of nitrogens with zero attached hydrogens (tertiary/aromatic N) is 3. The van der Waals surface area contributed by atoms with Crippen LogP contribution in [0.1, 0.15) is 12.8 Å². The molecule has 6 heteroatoms.